The zero-order valence-corrected chi connectivity index (χ0v) is 17.2. The number of methoxy groups -OCH3 is 1. The average Bonchev–Trinajstić information content (AvgIpc) is 3.36. The van der Waals surface area contributed by atoms with Gasteiger partial charge in [-0.05, 0) is 17.7 Å². The molecule has 3 N–H and O–H groups in total. The lowest BCUT2D eigenvalue weighted by Crippen LogP contribution is -2.14. The highest BCUT2D eigenvalue weighted by atomic mass is 32.2. The Morgan fingerprint density at radius 3 is 2.79 bits per heavy atom. The van der Waals surface area contributed by atoms with Crippen LogP contribution >= 0.6 is 34.4 Å². The molecule has 3 aromatic heterocycles. The summed E-state index contributed by atoms with van der Waals surface area (Å²) in [5.41, 5.74) is 8.22. The van der Waals surface area contributed by atoms with Crippen molar-refractivity contribution in [3.05, 3.63) is 41.2 Å². The molecular weight excluding hydrogens is 414 g/mol. The number of nitrogens with zero attached hydrogens (tertiary/aromatic N) is 3. The van der Waals surface area contributed by atoms with E-state index in [1.54, 1.807) is 18.7 Å². The summed E-state index contributed by atoms with van der Waals surface area (Å²) in [5.74, 6) is 1.22. The van der Waals surface area contributed by atoms with Gasteiger partial charge < -0.3 is 15.8 Å². The third-order valence-corrected chi connectivity index (χ3v) is 6.26. The van der Waals surface area contributed by atoms with Crippen LogP contribution in [0.1, 0.15) is 0 Å². The van der Waals surface area contributed by atoms with Crippen LogP contribution in [0.4, 0.5) is 10.9 Å². The van der Waals surface area contributed by atoms with Gasteiger partial charge in [-0.1, -0.05) is 23.9 Å². The van der Waals surface area contributed by atoms with E-state index in [0.29, 0.717) is 16.1 Å². The monoisotopic (exact) mass is 429 g/mol. The Kier molecular flexibility index (Phi) is 5.42. The largest absolute Gasteiger partial charge is 0.497 e. The van der Waals surface area contributed by atoms with Gasteiger partial charge in [0.15, 0.2) is 10.3 Å². The summed E-state index contributed by atoms with van der Waals surface area (Å²) in [6, 6.07) is 7.76. The number of thiazole rings is 1. The van der Waals surface area contributed by atoms with E-state index in [2.05, 4.69) is 20.3 Å². The number of ether oxygens (including phenoxy) is 1. The molecule has 10 heteroatoms. The smallest absolute Gasteiger partial charge is 0.236 e. The van der Waals surface area contributed by atoms with Crippen molar-refractivity contribution in [3.8, 4) is 16.9 Å². The van der Waals surface area contributed by atoms with Gasteiger partial charge >= 0.3 is 0 Å². The van der Waals surface area contributed by atoms with Crippen LogP contribution in [0.2, 0.25) is 0 Å². The SMILES string of the molecule is COc1ccc(-c2csc3nc(SCC(=O)Nc4nccs4)nc(N)c23)cc1. The van der Waals surface area contributed by atoms with Gasteiger partial charge in [-0.3, -0.25) is 4.79 Å². The number of hydrogen-bond acceptors (Lipinski definition) is 9. The standard InChI is InChI=1S/C18H15N5O2S3/c1-25-11-4-2-10(3-5-11)12-8-27-16-14(12)15(19)22-18(23-16)28-9-13(24)21-17-20-6-7-26-17/h2-8H,9H2,1H3,(H2,19,22,23)(H,20,21,24). The molecule has 0 atom stereocenters. The number of aromatic nitrogens is 3. The number of nitrogens with two attached hydrogens (primary N) is 1. The van der Waals surface area contributed by atoms with E-state index >= 15 is 0 Å². The molecule has 0 fully saturated rings. The molecule has 4 aromatic rings. The number of amides is 1. The lowest BCUT2D eigenvalue weighted by atomic mass is 10.1. The number of nitrogens with one attached hydrogen (secondary N) is 1. The molecular formula is C18H15N5O2S3. The third kappa shape index (κ3) is 3.93. The fourth-order valence-electron chi connectivity index (χ4n) is 2.57. The van der Waals surface area contributed by atoms with Crippen molar-refractivity contribution in [3.63, 3.8) is 0 Å². The topological polar surface area (TPSA) is 103 Å². The van der Waals surface area contributed by atoms with Crippen LogP contribution in [0, 0.1) is 0 Å². The molecule has 0 radical (unpaired) electrons. The fraction of sp³-hybridized carbons (Fsp3) is 0.111. The van der Waals surface area contributed by atoms with Crippen LogP contribution in [0.15, 0.2) is 46.4 Å². The number of benzene rings is 1. The first-order chi connectivity index (χ1) is 13.6. The first kappa shape index (κ1) is 18.7. The second kappa shape index (κ2) is 8.13. The second-order valence-electron chi connectivity index (χ2n) is 5.62. The molecule has 7 nitrogen and oxygen atoms in total. The van der Waals surface area contributed by atoms with Crippen molar-refractivity contribution in [1.29, 1.82) is 0 Å². The molecule has 3 heterocycles. The molecule has 0 unspecified atom stereocenters. The van der Waals surface area contributed by atoms with Crippen LogP contribution in [0.5, 0.6) is 5.75 Å². The predicted molar refractivity (Wildman–Crippen MR) is 115 cm³/mol. The zero-order chi connectivity index (χ0) is 19.5. The number of hydrogen-bond donors (Lipinski definition) is 2. The Hall–Kier alpha value is -2.69. The molecule has 0 bridgehead atoms. The number of fused-ring (bicyclic) bond motifs is 1. The number of anilines is 2. The lowest BCUT2D eigenvalue weighted by Gasteiger charge is -2.06. The van der Waals surface area contributed by atoms with Gasteiger partial charge in [-0.25, -0.2) is 15.0 Å². The summed E-state index contributed by atoms with van der Waals surface area (Å²) in [6.45, 7) is 0. The van der Waals surface area contributed by atoms with Crippen molar-refractivity contribution in [2.75, 3.05) is 23.9 Å². The van der Waals surface area contributed by atoms with Gasteiger partial charge in [0.05, 0.1) is 18.2 Å². The van der Waals surface area contributed by atoms with Crippen molar-refractivity contribution in [2.24, 2.45) is 0 Å². The number of thiophene rings is 1. The van der Waals surface area contributed by atoms with Crippen molar-refractivity contribution in [1.82, 2.24) is 15.0 Å². The number of thioether (sulfide) groups is 1. The normalized spacial score (nSPS) is 10.9. The summed E-state index contributed by atoms with van der Waals surface area (Å²) in [4.78, 5) is 25.8. The van der Waals surface area contributed by atoms with Gasteiger partial charge in [0, 0.05) is 22.5 Å². The summed E-state index contributed by atoms with van der Waals surface area (Å²) in [5, 5.41) is 8.42. The Balaban J connectivity index is 1.53. The number of rotatable bonds is 6. The highest BCUT2D eigenvalue weighted by molar-refractivity contribution is 7.99. The zero-order valence-electron chi connectivity index (χ0n) is 14.7. The van der Waals surface area contributed by atoms with E-state index in [0.717, 1.165) is 27.1 Å². The molecule has 0 spiro atoms. The van der Waals surface area contributed by atoms with Crippen molar-refractivity contribution < 1.29 is 9.53 Å². The Morgan fingerprint density at radius 1 is 1.25 bits per heavy atom. The fourth-order valence-corrected chi connectivity index (χ4v) is 4.78. The molecule has 142 valence electrons. The Morgan fingerprint density at radius 2 is 2.07 bits per heavy atom. The molecule has 4 rings (SSSR count). The van der Waals surface area contributed by atoms with E-state index in [9.17, 15) is 4.79 Å². The molecule has 0 aliphatic rings. The number of carbonyl (C=O) groups excluding carboxylic acids is 1. The van der Waals surface area contributed by atoms with Crippen LogP contribution in [-0.2, 0) is 4.79 Å². The van der Waals surface area contributed by atoms with Crippen LogP contribution in [0.3, 0.4) is 0 Å². The van der Waals surface area contributed by atoms with E-state index in [-0.39, 0.29) is 11.7 Å². The van der Waals surface area contributed by atoms with E-state index in [4.69, 9.17) is 10.5 Å². The highest BCUT2D eigenvalue weighted by Gasteiger charge is 2.15. The second-order valence-corrected chi connectivity index (χ2v) is 8.32. The maximum atomic E-state index is 12.0. The first-order valence-corrected chi connectivity index (χ1v) is 10.9. The van der Waals surface area contributed by atoms with Gasteiger partial charge in [0.1, 0.15) is 16.4 Å². The van der Waals surface area contributed by atoms with Crippen molar-refractivity contribution >= 4 is 61.5 Å². The molecule has 0 aliphatic heterocycles. The Labute approximate surface area is 173 Å². The van der Waals surface area contributed by atoms with Gasteiger partial charge in [-0.2, -0.15) is 0 Å². The predicted octanol–water partition coefficient (Wildman–Crippen LogP) is 4.14. The number of carbonyl (C=O) groups is 1. The highest BCUT2D eigenvalue weighted by Crippen LogP contribution is 2.37. The van der Waals surface area contributed by atoms with Gasteiger partial charge in [-0.15, -0.1) is 22.7 Å². The summed E-state index contributed by atoms with van der Waals surface area (Å²) in [6.07, 6.45) is 1.64. The molecule has 28 heavy (non-hydrogen) atoms. The Bertz CT molecular complexity index is 1110. The van der Waals surface area contributed by atoms with Crippen LogP contribution < -0.4 is 15.8 Å². The van der Waals surface area contributed by atoms with Gasteiger partial charge in [0.2, 0.25) is 5.91 Å². The minimum Gasteiger partial charge on any atom is -0.497 e. The van der Waals surface area contributed by atoms with Crippen LogP contribution in [0.25, 0.3) is 21.3 Å². The third-order valence-electron chi connectivity index (χ3n) is 3.85. The van der Waals surface area contributed by atoms with Gasteiger partial charge in [0.25, 0.3) is 0 Å². The number of nitrogen functional groups attached to an aromatic ring is 1. The lowest BCUT2D eigenvalue weighted by molar-refractivity contribution is -0.113. The molecule has 0 saturated carbocycles. The van der Waals surface area contributed by atoms with E-state index in [1.807, 2.05) is 29.6 Å². The minimum atomic E-state index is -0.160. The minimum absolute atomic E-state index is 0.160. The first-order valence-electron chi connectivity index (χ1n) is 8.15. The average molecular weight is 430 g/mol. The molecule has 1 aromatic carbocycles. The molecule has 0 saturated heterocycles. The molecule has 1 amide bonds. The maximum Gasteiger partial charge on any atom is 0.236 e. The quantitative estimate of drug-likeness (QED) is 0.351. The molecule has 0 aliphatic carbocycles. The summed E-state index contributed by atoms with van der Waals surface area (Å²) in [7, 11) is 1.64. The van der Waals surface area contributed by atoms with Crippen molar-refractivity contribution in [2.45, 2.75) is 5.16 Å². The summed E-state index contributed by atoms with van der Waals surface area (Å²) >= 11 is 4.11. The summed E-state index contributed by atoms with van der Waals surface area (Å²) < 4.78 is 5.21. The van der Waals surface area contributed by atoms with E-state index < -0.39 is 0 Å². The van der Waals surface area contributed by atoms with E-state index in [1.165, 1.54) is 34.4 Å². The van der Waals surface area contributed by atoms with Crippen LogP contribution in [-0.4, -0.2) is 33.7 Å². The maximum absolute atomic E-state index is 12.0.